The number of esters is 3. The van der Waals surface area contributed by atoms with Gasteiger partial charge in [-0.1, -0.05) is 6.92 Å². The Hall–Kier alpha value is -1.74. The van der Waals surface area contributed by atoms with Crippen molar-refractivity contribution in [3.63, 3.8) is 0 Å². The van der Waals surface area contributed by atoms with Crippen LogP contribution < -0.4 is 59.1 Å². The second kappa shape index (κ2) is 21.9. The van der Waals surface area contributed by atoms with Gasteiger partial charge >= 0.3 is 77.0 Å². The molecular weight excluding hydrogens is 662 g/mol. The fourth-order valence-electron chi connectivity index (χ4n) is 2.99. The summed E-state index contributed by atoms with van der Waals surface area (Å²) in [7, 11) is -7.11. The number of ether oxygens (including phenoxy) is 5. The minimum Gasteiger partial charge on any atom is -0.744 e. The third-order valence-electron chi connectivity index (χ3n) is 5.02. The molecule has 15 nitrogen and oxygen atoms in total. The molecule has 2 rings (SSSR count). The monoisotopic (exact) mass is 692 g/mol. The first kappa shape index (κ1) is 45.4. The van der Waals surface area contributed by atoms with Crippen molar-refractivity contribution in [3.8, 4) is 0 Å². The third-order valence-corrected chi connectivity index (χ3v) is 6.65. The van der Waals surface area contributed by atoms with Crippen molar-refractivity contribution in [2.75, 3.05) is 47.3 Å². The molecule has 0 aliphatic rings. The molecule has 2 aromatic rings. The van der Waals surface area contributed by atoms with E-state index in [0.717, 1.165) is 43.9 Å². The van der Waals surface area contributed by atoms with Crippen LogP contribution in [0.25, 0.3) is 0 Å². The van der Waals surface area contributed by atoms with Gasteiger partial charge in [0.25, 0.3) is 0 Å². The van der Waals surface area contributed by atoms with Crippen LogP contribution in [-0.2, 0) is 43.9 Å². The molecule has 0 bridgehead atoms. The predicted molar refractivity (Wildman–Crippen MR) is 144 cm³/mol. The summed E-state index contributed by atoms with van der Waals surface area (Å²) < 4.78 is 90.4. The van der Waals surface area contributed by atoms with Gasteiger partial charge in [-0.05, 0) is 49.7 Å². The number of Topliss-reactive ketones (excluding diaryl/α,β-unsaturated/α-hetero) is 1. The Morgan fingerprint density at radius 3 is 1.40 bits per heavy atom. The van der Waals surface area contributed by atoms with E-state index in [1.807, 2.05) is 6.92 Å². The van der Waals surface area contributed by atoms with Crippen molar-refractivity contribution in [1.82, 2.24) is 0 Å². The Morgan fingerprint density at radius 1 is 0.622 bits per heavy atom. The zero-order chi connectivity index (χ0) is 32.8. The van der Waals surface area contributed by atoms with E-state index >= 15 is 0 Å². The van der Waals surface area contributed by atoms with Crippen LogP contribution in [0.5, 0.6) is 0 Å². The van der Waals surface area contributed by atoms with Crippen LogP contribution in [0.3, 0.4) is 0 Å². The summed E-state index contributed by atoms with van der Waals surface area (Å²) >= 11 is 0. The first-order valence-electron chi connectivity index (χ1n) is 12.3. The molecule has 0 saturated carbocycles. The molecule has 0 unspecified atom stereocenters. The average Bonchev–Trinajstić information content (AvgIpc) is 2.95. The number of hydrogen-bond donors (Lipinski definition) is 0. The van der Waals surface area contributed by atoms with Crippen LogP contribution in [0.1, 0.15) is 61.7 Å². The van der Waals surface area contributed by atoms with Crippen LogP contribution in [0.4, 0.5) is 0 Å². The van der Waals surface area contributed by atoms with Crippen molar-refractivity contribution in [2.45, 2.75) is 30.1 Å². The first-order valence-corrected chi connectivity index (χ1v) is 15.1. The maximum absolute atomic E-state index is 11.9. The van der Waals surface area contributed by atoms with E-state index in [-0.39, 0.29) is 108 Å². The number of methoxy groups -OCH3 is 2. The van der Waals surface area contributed by atoms with Gasteiger partial charge in [0.2, 0.25) is 0 Å². The van der Waals surface area contributed by atoms with E-state index in [2.05, 4.69) is 4.74 Å². The van der Waals surface area contributed by atoms with E-state index in [0.29, 0.717) is 6.61 Å². The van der Waals surface area contributed by atoms with Crippen LogP contribution in [-0.4, -0.2) is 96.9 Å². The Labute approximate surface area is 305 Å². The van der Waals surface area contributed by atoms with Gasteiger partial charge in [-0.2, -0.15) is 0 Å². The summed E-state index contributed by atoms with van der Waals surface area (Å²) in [4.78, 5) is 45.0. The Balaban J connectivity index is 0. The summed E-state index contributed by atoms with van der Waals surface area (Å²) in [5.74, 6) is -3.06. The van der Waals surface area contributed by atoms with Gasteiger partial charge in [-0.3, -0.25) is 4.79 Å². The van der Waals surface area contributed by atoms with Gasteiger partial charge in [-0.25, -0.2) is 31.2 Å². The molecule has 0 amide bonds. The smallest absolute Gasteiger partial charge is 0.744 e. The maximum Gasteiger partial charge on any atom is 1.00 e. The van der Waals surface area contributed by atoms with Crippen molar-refractivity contribution in [2.24, 2.45) is 0 Å². The second-order valence-electron chi connectivity index (χ2n) is 8.33. The van der Waals surface area contributed by atoms with Gasteiger partial charge in [0, 0.05) is 19.3 Å². The number of benzene rings is 2. The maximum atomic E-state index is 11.9. The van der Waals surface area contributed by atoms with E-state index in [9.17, 15) is 45.1 Å². The fourth-order valence-corrected chi connectivity index (χ4v) is 4.07. The van der Waals surface area contributed by atoms with Gasteiger partial charge in [0.1, 0.15) is 33.5 Å². The third kappa shape index (κ3) is 16.6. The number of carbonyl (C=O) groups excluding carboxylic acids is 4. The largest absolute Gasteiger partial charge is 1.00 e. The summed E-state index contributed by atoms with van der Waals surface area (Å²) in [5.41, 5.74) is -0.708. The normalized spacial score (nSPS) is 10.6. The van der Waals surface area contributed by atoms with E-state index < -0.39 is 53.7 Å². The van der Waals surface area contributed by atoms with Gasteiger partial charge in [0.15, 0.2) is 5.78 Å². The molecule has 0 aromatic heterocycles. The number of hydrogen-bond acceptors (Lipinski definition) is 15. The molecule has 0 aliphatic heterocycles. The summed E-state index contributed by atoms with van der Waals surface area (Å²) in [6, 6.07) is 5.77. The van der Waals surface area contributed by atoms with Crippen LogP contribution in [0.2, 0.25) is 0 Å². The summed E-state index contributed by atoms with van der Waals surface area (Å²) in [6.45, 7) is 3.92. The van der Waals surface area contributed by atoms with Gasteiger partial charge in [-0.15, -0.1) is 0 Å². The summed E-state index contributed by atoms with van der Waals surface area (Å²) in [6.07, 6.45) is 0.819. The molecule has 0 heterocycles. The van der Waals surface area contributed by atoms with Crippen LogP contribution in [0.15, 0.2) is 46.2 Å². The van der Waals surface area contributed by atoms with E-state index in [4.69, 9.17) is 18.9 Å². The molecular formula is C26H30Na2O15S2. The standard InChI is InChI=1S/C14H18O8S.C12H14O7S.2Na/c1-3-4-21-5-6-22-14(16)11-7-10(13(15)20-2)8-12(9-11)23(17,18)19;1-8(13)9-5-10(12(14)19-4-3-18-2)7-11(6-9)20(15,16)17;;/h7-9H,3-6H2,1-2H3,(H,17,18,19);5-7H,3-4H2,1-2H3,(H,15,16,17);;/q;;2*+1/p-2. The Morgan fingerprint density at radius 2 is 1.02 bits per heavy atom. The number of rotatable bonds is 14. The molecule has 0 spiro atoms. The quantitative estimate of drug-likeness (QED) is 0.0454. The topological polar surface area (TPSA) is 229 Å². The molecule has 19 heteroatoms. The molecule has 45 heavy (non-hydrogen) atoms. The zero-order valence-electron chi connectivity index (χ0n) is 25.6. The van der Waals surface area contributed by atoms with Gasteiger partial charge < -0.3 is 32.8 Å². The Kier molecular flexibility index (Phi) is 22.1. The molecule has 238 valence electrons. The SMILES string of the molecule is CCCOCCOC(=O)c1cc(C(=O)OC)cc(S(=O)(=O)[O-])c1.COCCOC(=O)c1cc(C(C)=O)cc(S(=O)(=O)[O-])c1.[Na+].[Na+]. The zero-order valence-corrected chi connectivity index (χ0v) is 31.3. The number of carbonyl (C=O) groups is 4. The van der Waals surface area contributed by atoms with E-state index in [1.165, 1.54) is 20.1 Å². The van der Waals surface area contributed by atoms with Crippen molar-refractivity contribution in [3.05, 3.63) is 58.7 Å². The molecule has 0 saturated heterocycles. The van der Waals surface area contributed by atoms with Crippen molar-refractivity contribution >= 4 is 43.9 Å². The predicted octanol–water partition coefficient (Wildman–Crippen LogP) is -4.43. The average molecular weight is 693 g/mol. The molecule has 2 aromatic carbocycles. The van der Waals surface area contributed by atoms with Gasteiger partial charge in [0.05, 0.1) is 46.8 Å². The Bertz CT molecular complexity index is 1520. The van der Waals surface area contributed by atoms with E-state index in [1.54, 1.807) is 0 Å². The molecule has 0 aliphatic carbocycles. The second-order valence-corrected chi connectivity index (χ2v) is 11.1. The van der Waals surface area contributed by atoms with Crippen molar-refractivity contribution < 1.29 is 128 Å². The first-order chi connectivity index (χ1) is 20.0. The molecule has 0 radical (unpaired) electrons. The van der Waals surface area contributed by atoms with Crippen LogP contribution in [0, 0.1) is 0 Å². The van der Waals surface area contributed by atoms with Crippen molar-refractivity contribution in [1.29, 1.82) is 0 Å². The molecule has 0 N–H and O–H groups in total. The minimum atomic E-state index is -4.85. The fraction of sp³-hybridized carbons (Fsp3) is 0.385. The molecule has 0 atom stereocenters. The summed E-state index contributed by atoms with van der Waals surface area (Å²) in [5, 5.41) is 0. The number of ketones is 1. The minimum absolute atomic E-state index is 0. The van der Waals surface area contributed by atoms with Crippen LogP contribution >= 0.6 is 0 Å². The molecule has 0 fully saturated rings.